The molecule has 0 unspecified atom stereocenters. The third-order valence-corrected chi connectivity index (χ3v) is 4.08. The van der Waals surface area contributed by atoms with Crippen molar-refractivity contribution in [3.8, 4) is 11.3 Å². The minimum Gasteiger partial charge on any atom is -0.368 e. The zero-order valence-corrected chi connectivity index (χ0v) is 15.3. The molecule has 2 heterocycles. The fraction of sp³-hybridized carbons (Fsp3) is 0.188. The van der Waals surface area contributed by atoms with Gasteiger partial charge in [-0.05, 0) is 18.6 Å². The summed E-state index contributed by atoms with van der Waals surface area (Å²) in [5.74, 6) is 1.18. The molecule has 3 aromatic rings. The van der Waals surface area contributed by atoms with Gasteiger partial charge in [-0.15, -0.1) is 0 Å². The van der Waals surface area contributed by atoms with Crippen LogP contribution in [0.5, 0.6) is 0 Å². The smallest absolute Gasteiger partial charge is 0.229 e. The van der Waals surface area contributed by atoms with Gasteiger partial charge < -0.3 is 27.8 Å². The summed E-state index contributed by atoms with van der Waals surface area (Å²) in [5, 5.41) is 6.83. The third-order valence-electron chi connectivity index (χ3n) is 3.67. The number of nitrogens with zero attached hydrogens (tertiary/aromatic N) is 5. The largest absolute Gasteiger partial charge is 0.368 e. The lowest BCUT2D eigenvalue weighted by Gasteiger charge is -2.11. The van der Waals surface area contributed by atoms with Gasteiger partial charge in [0.05, 0.1) is 5.69 Å². The van der Waals surface area contributed by atoms with E-state index >= 15 is 0 Å². The molecule has 0 saturated carbocycles. The highest BCUT2D eigenvalue weighted by molar-refractivity contribution is 6.31. The summed E-state index contributed by atoms with van der Waals surface area (Å²) >= 11 is 6.19. The second-order valence-electron chi connectivity index (χ2n) is 5.64. The second kappa shape index (κ2) is 7.87. The summed E-state index contributed by atoms with van der Waals surface area (Å²) in [4.78, 5) is 20.1. The van der Waals surface area contributed by atoms with Crippen molar-refractivity contribution in [2.75, 3.05) is 40.9 Å². The zero-order chi connectivity index (χ0) is 19.4. The van der Waals surface area contributed by atoms with Gasteiger partial charge in [-0.2, -0.15) is 19.9 Å². The minimum absolute atomic E-state index is 0.0584. The molecule has 0 aliphatic heterocycles. The number of hydrogen-bond donors (Lipinski definition) is 5. The first kappa shape index (κ1) is 18.4. The fourth-order valence-corrected chi connectivity index (χ4v) is 2.61. The number of hydrogen-bond acceptors (Lipinski definition) is 10. The number of benzene rings is 1. The molecule has 2 aromatic heterocycles. The first-order valence-corrected chi connectivity index (χ1v) is 8.45. The Hall–Kier alpha value is -3.40. The maximum absolute atomic E-state index is 6.19. The SMILES string of the molecule is Cc1c(Cl)cccc1-c1cc(NCCNc2nc(N)nc(N)n2)nc(N)n1. The minimum atomic E-state index is 0.0584. The third kappa shape index (κ3) is 4.61. The molecule has 140 valence electrons. The van der Waals surface area contributed by atoms with Crippen LogP contribution in [0, 0.1) is 6.92 Å². The molecule has 0 saturated heterocycles. The van der Waals surface area contributed by atoms with Crippen molar-refractivity contribution < 1.29 is 0 Å². The van der Waals surface area contributed by atoms with Crippen LogP contribution < -0.4 is 27.8 Å². The normalized spacial score (nSPS) is 10.6. The number of anilines is 5. The Kier molecular flexibility index (Phi) is 5.36. The van der Waals surface area contributed by atoms with Crippen molar-refractivity contribution in [2.45, 2.75) is 6.92 Å². The Morgan fingerprint density at radius 2 is 1.56 bits per heavy atom. The lowest BCUT2D eigenvalue weighted by atomic mass is 10.1. The molecule has 0 aliphatic carbocycles. The maximum atomic E-state index is 6.19. The van der Waals surface area contributed by atoms with Crippen molar-refractivity contribution in [1.29, 1.82) is 0 Å². The van der Waals surface area contributed by atoms with Crippen molar-refractivity contribution in [2.24, 2.45) is 0 Å². The van der Waals surface area contributed by atoms with Gasteiger partial charge in [-0.1, -0.05) is 23.7 Å². The Balaban J connectivity index is 1.67. The number of halogens is 1. The van der Waals surface area contributed by atoms with Crippen LogP contribution in [0.1, 0.15) is 5.56 Å². The van der Waals surface area contributed by atoms with E-state index in [9.17, 15) is 0 Å². The first-order valence-electron chi connectivity index (χ1n) is 8.07. The highest BCUT2D eigenvalue weighted by Crippen LogP contribution is 2.28. The van der Waals surface area contributed by atoms with Crippen LogP contribution >= 0.6 is 11.6 Å². The van der Waals surface area contributed by atoms with Gasteiger partial charge in [-0.25, -0.2) is 4.98 Å². The van der Waals surface area contributed by atoms with Crippen LogP contribution in [-0.2, 0) is 0 Å². The van der Waals surface area contributed by atoms with Crippen LogP contribution in [0.3, 0.4) is 0 Å². The van der Waals surface area contributed by atoms with Crippen LogP contribution in [0.25, 0.3) is 11.3 Å². The topological polar surface area (TPSA) is 167 Å². The van der Waals surface area contributed by atoms with Crippen molar-refractivity contribution in [3.63, 3.8) is 0 Å². The average molecular weight is 387 g/mol. The van der Waals surface area contributed by atoms with Crippen molar-refractivity contribution in [1.82, 2.24) is 24.9 Å². The number of rotatable bonds is 6. The van der Waals surface area contributed by atoms with E-state index in [-0.39, 0.29) is 17.8 Å². The predicted octanol–water partition coefficient (Wildman–Crippen LogP) is 1.56. The number of nitrogen functional groups attached to an aromatic ring is 3. The molecule has 27 heavy (non-hydrogen) atoms. The number of aromatic nitrogens is 5. The average Bonchev–Trinajstić information content (AvgIpc) is 2.60. The van der Waals surface area contributed by atoms with E-state index in [4.69, 9.17) is 28.8 Å². The summed E-state index contributed by atoms with van der Waals surface area (Å²) < 4.78 is 0. The van der Waals surface area contributed by atoms with Gasteiger partial charge >= 0.3 is 0 Å². The van der Waals surface area contributed by atoms with Gasteiger partial charge in [0, 0.05) is 29.7 Å². The van der Waals surface area contributed by atoms with E-state index in [1.807, 2.05) is 31.2 Å². The summed E-state index contributed by atoms with van der Waals surface area (Å²) in [6.07, 6.45) is 0. The van der Waals surface area contributed by atoms with Crippen molar-refractivity contribution >= 4 is 41.2 Å². The molecular formula is C16H19ClN10. The monoisotopic (exact) mass is 386 g/mol. The van der Waals surface area contributed by atoms with Gasteiger partial charge in [0.15, 0.2) is 0 Å². The Morgan fingerprint density at radius 1 is 0.889 bits per heavy atom. The van der Waals surface area contributed by atoms with Gasteiger partial charge in [0.1, 0.15) is 5.82 Å². The van der Waals surface area contributed by atoms with Crippen LogP contribution in [0.15, 0.2) is 24.3 Å². The lowest BCUT2D eigenvalue weighted by Crippen LogP contribution is -2.17. The Bertz CT molecular complexity index is 942. The highest BCUT2D eigenvalue weighted by atomic mass is 35.5. The number of nitrogens with two attached hydrogens (primary N) is 3. The summed E-state index contributed by atoms with van der Waals surface area (Å²) in [6.45, 7) is 2.95. The van der Waals surface area contributed by atoms with E-state index in [2.05, 4.69) is 35.6 Å². The Morgan fingerprint density at radius 3 is 2.30 bits per heavy atom. The highest BCUT2D eigenvalue weighted by Gasteiger charge is 2.09. The molecule has 0 aliphatic rings. The summed E-state index contributed by atoms with van der Waals surface area (Å²) in [5.41, 5.74) is 19.4. The van der Waals surface area contributed by atoms with Crippen molar-refractivity contribution in [3.05, 3.63) is 34.9 Å². The zero-order valence-electron chi connectivity index (χ0n) is 14.6. The molecule has 3 rings (SSSR count). The molecular weight excluding hydrogens is 368 g/mol. The standard InChI is InChI=1S/C16H19ClN10/c1-8-9(3-2-4-10(8)17)11-7-12(24-13(18)23-11)21-5-6-22-16-26-14(19)25-15(20)27-16/h2-4,7H,5-6H2,1H3,(H3,18,21,23,24)(H5,19,20,22,25,26,27). The first-order chi connectivity index (χ1) is 12.9. The van der Waals surface area contributed by atoms with Crippen LogP contribution in [0.4, 0.5) is 29.6 Å². The van der Waals surface area contributed by atoms with E-state index < -0.39 is 0 Å². The molecule has 11 heteroatoms. The van der Waals surface area contributed by atoms with E-state index in [1.54, 1.807) is 0 Å². The molecule has 8 N–H and O–H groups in total. The fourth-order valence-electron chi connectivity index (χ4n) is 2.43. The molecule has 0 bridgehead atoms. The van der Waals surface area contributed by atoms with E-state index in [0.717, 1.165) is 11.1 Å². The van der Waals surface area contributed by atoms with Gasteiger partial charge in [0.2, 0.25) is 23.8 Å². The maximum Gasteiger partial charge on any atom is 0.229 e. The summed E-state index contributed by atoms with van der Waals surface area (Å²) in [6, 6.07) is 7.44. The summed E-state index contributed by atoms with van der Waals surface area (Å²) in [7, 11) is 0. The molecule has 1 aromatic carbocycles. The van der Waals surface area contributed by atoms with Crippen LogP contribution in [-0.4, -0.2) is 38.0 Å². The molecule has 0 radical (unpaired) electrons. The van der Waals surface area contributed by atoms with Gasteiger partial charge in [-0.3, -0.25) is 0 Å². The van der Waals surface area contributed by atoms with Gasteiger partial charge in [0.25, 0.3) is 0 Å². The lowest BCUT2D eigenvalue weighted by molar-refractivity contribution is 0.997. The Labute approximate surface area is 160 Å². The molecule has 10 nitrogen and oxygen atoms in total. The second-order valence-corrected chi connectivity index (χ2v) is 6.05. The van der Waals surface area contributed by atoms with E-state index in [1.165, 1.54) is 0 Å². The van der Waals surface area contributed by atoms with Crippen LogP contribution in [0.2, 0.25) is 5.02 Å². The molecule has 0 atom stereocenters. The number of nitrogens with one attached hydrogen (secondary N) is 2. The molecule has 0 fully saturated rings. The quantitative estimate of drug-likeness (QED) is 0.392. The molecule has 0 amide bonds. The van der Waals surface area contributed by atoms with E-state index in [0.29, 0.717) is 35.6 Å². The predicted molar refractivity (Wildman–Crippen MR) is 107 cm³/mol. The molecule has 0 spiro atoms.